The molecule has 3 heteroatoms. The third-order valence-electron chi connectivity index (χ3n) is 4.54. The molecule has 0 aliphatic carbocycles. The summed E-state index contributed by atoms with van der Waals surface area (Å²) in [5.74, 6) is 0. The van der Waals surface area contributed by atoms with E-state index in [0.29, 0.717) is 0 Å². The Kier molecular flexibility index (Phi) is 4.83. The van der Waals surface area contributed by atoms with Gasteiger partial charge >= 0.3 is 0 Å². The Morgan fingerprint density at radius 3 is 2.88 bits per heavy atom. The predicted octanol–water partition coefficient (Wildman–Crippen LogP) is 2.15. The van der Waals surface area contributed by atoms with Crippen molar-refractivity contribution < 1.29 is 4.74 Å². The van der Waals surface area contributed by atoms with Crippen molar-refractivity contribution in [3.05, 3.63) is 0 Å². The highest BCUT2D eigenvalue weighted by atomic mass is 16.5. The monoisotopic (exact) mass is 240 g/mol. The standard InChI is InChI=1S/C14H28N2O/c1-2-6-13-7-3-4-9-16(13)14(11-15)8-5-10-17-12-14/h13H,2-12,15H2,1H3. The van der Waals surface area contributed by atoms with E-state index in [-0.39, 0.29) is 5.54 Å². The molecule has 2 unspecified atom stereocenters. The van der Waals surface area contributed by atoms with Crippen LogP contribution in [0, 0.1) is 0 Å². The number of likely N-dealkylation sites (tertiary alicyclic amines) is 1. The summed E-state index contributed by atoms with van der Waals surface area (Å²) in [6, 6.07) is 0.749. The molecule has 2 aliphatic rings. The molecule has 100 valence electrons. The van der Waals surface area contributed by atoms with Crippen molar-refractivity contribution >= 4 is 0 Å². The van der Waals surface area contributed by atoms with Crippen molar-refractivity contribution in [2.45, 2.75) is 63.5 Å². The van der Waals surface area contributed by atoms with E-state index in [1.54, 1.807) is 0 Å². The summed E-state index contributed by atoms with van der Waals surface area (Å²) < 4.78 is 5.73. The normalized spacial score (nSPS) is 36.0. The van der Waals surface area contributed by atoms with Gasteiger partial charge in [0.2, 0.25) is 0 Å². The van der Waals surface area contributed by atoms with Gasteiger partial charge in [0, 0.05) is 19.2 Å². The van der Waals surface area contributed by atoms with Crippen LogP contribution in [0.2, 0.25) is 0 Å². The predicted molar refractivity (Wildman–Crippen MR) is 71.1 cm³/mol. The molecule has 0 saturated carbocycles. The van der Waals surface area contributed by atoms with Gasteiger partial charge in [-0.3, -0.25) is 4.90 Å². The maximum absolute atomic E-state index is 6.11. The molecule has 0 spiro atoms. The molecule has 2 atom stereocenters. The van der Waals surface area contributed by atoms with Gasteiger partial charge in [0.1, 0.15) is 0 Å². The zero-order chi connectivity index (χ0) is 12.1. The fourth-order valence-corrected chi connectivity index (χ4v) is 3.60. The first-order chi connectivity index (χ1) is 8.32. The number of nitrogens with two attached hydrogens (primary N) is 1. The van der Waals surface area contributed by atoms with Crippen LogP contribution in [0.25, 0.3) is 0 Å². The number of piperidine rings is 1. The molecule has 2 aliphatic heterocycles. The van der Waals surface area contributed by atoms with Crippen LogP contribution in [0.1, 0.15) is 51.9 Å². The second kappa shape index (κ2) is 6.17. The Balaban J connectivity index is 2.09. The van der Waals surface area contributed by atoms with Crippen LogP contribution in [0.15, 0.2) is 0 Å². The molecule has 0 aromatic rings. The minimum absolute atomic E-state index is 0.151. The molecule has 2 N–H and O–H groups in total. The number of rotatable bonds is 4. The first-order valence-electron chi connectivity index (χ1n) is 7.37. The van der Waals surface area contributed by atoms with E-state index < -0.39 is 0 Å². The van der Waals surface area contributed by atoms with Crippen molar-refractivity contribution in [3.63, 3.8) is 0 Å². The third-order valence-corrected chi connectivity index (χ3v) is 4.54. The summed E-state index contributed by atoms with van der Waals surface area (Å²) in [6.07, 6.45) is 9.08. The lowest BCUT2D eigenvalue weighted by molar-refractivity contribution is -0.0747. The summed E-state index contributed by atoms with van der Waals surface area (Å²) >= 11 is 0. The van der Waals surface area contributed by atoms with Crippen LogP contribution in [-0.4, -0.2) is 42.8 Å². The summed E-state index contributed by atoms with van der Waals surface area (Å²) in [5, 5.41) is 0. The average Bonchev–Trinajstić information content (AvgIpc) is 2.40. The smallest absolute Gasteiger partial charge is 0.0662 e. The molecule has 0 aromatic heterocycles. The van der Waals surface area contributed by atoms with Crippen LogP contribution >= 0.6 is 0 Å². The van der Waals surface area contributed by atoms with Gasteiger partial charge in [0.15, 0.2) is 0 Å². The van der Waals surface area contributed by atoms with Gasteiger partial charge in [-0.25, -0.2) is 0 Å². The molecular formula is C14H28N2O. The first-order valence-corrected chi connectivity index (χ1v) is 7.37. The number of ether oxygens (including phenoxy) is 1. The second-order valence-corrected chi connectivity index (χ2v) is 5.72. The van der Waals surface area contributed by atoms with Crippen molar-refractivity contribution in [3.8, 4) is 0 Å². The minimum Gasteiger partial charge on any atom is -0.379 e. The molecule has 0 aromatic carbocycles. The Morgan fingerprint density at radius 1 is 1.35 bits per heavy atom. The SMILES string of the molecule is CCCC1CCCCN1C1(CN)CCCOC1. The zero-order valence-electron chi connectivity index (χ0n) is 11.3. The van der Waals surface area contributed by atoms with Crippen molar-refractivity contribution in [1.29, 1.82) is 0 Å². The van der Waals surface area contributed by atoms with Crippen LogP contribution in [-0.2, 0) is 4.74 Å². The minimum atomic E-state index is 0.151. The van der Waals surface area contributed by atoms with Crippen LogP contribution < -0.4 is 5.73 Å². The fraction of sp³-hybridized carbons (Fsp3) is 1.00. The Hall–Kier alpha value is -0.120. The van der Waals surface area contributed by atoms with Gasteiger partial charge in [-0.05, 0) is 38.6 Å². The molecule has 3 nitrogen and oxygen atoms in total. The first kappa shape index (κ1) is 13.3. The quantitative estimate of drug-likeness (QED) is 0.818. The molecule has 2 fully saturated rings. The molecule has 2 saturated heterocycles. The van der Waals surface area contributed by atoms with E-state index in [2.05, 4.69) is 11.8 Å². The Labute approximate surface area is 106 Å². The highest BCUT2D eigenvalue weighted by Gasteiger charge is 2.41. The van der Waals surface area contributed by atoms with Gasteiger partial charge in [-0.15, -0.1) is 0 Å². The van der Waals surface area contributed by atoms with E-state index >= 15 is 0 Å². The second-order valence-electron chi connectivity index (χ2n) is 5.72. The lowest BCUT2D eigenvalue weighted by Crippen LogP contribution is -2.63. The third kappa shape index (κ3) is 2.83. The highest BCUT2D eigenvalue weighted by Crippen LogP contribution is 2.33. The van der Waals surface area contributed by atoms with Gasteiger partial charge in [-0.1, -0.05) is 19.8 Å². The molecule has 2 rings (SSSR count). The number of nitrogens with zero attached hydrogens (tertiary/aromatic N) is 1. The summed E-state index contributed by atoms with van der Waals surface area (Å²) in [7, 11) is 0. The van der Waals surface area contributed by atoms with E-state index in [0.717, 1.165) is 25.8 Å². The lowest BCUT2D eigenvalue weighted by atomic mass is 9.85. The molecule has 17 heavy (non-hydrogen) atoms. The maximum Gasteiger partial charge on any atom is 0.0662 e. The van der Waals surface area contributed by atoms with Crippen molar-refractivity contribution in [2.24, 2.45) is 5.73 Å². The molecule has 0 radical (unpaired) electrons. The van der Waals surface area contributed by atoms with Crippen molar-refractivity contribution in [1.82, 2.24) is 4.90 Å². The molecular weight excluding hydrogens is 212 g/mol. The van der Waals surface area contributed by atoms with Gasteiger partial charge in [0.05, 0.1) is 12.1 Å². The van der Waals surface area contributed by atoms with Crippen molar-refractivity contribution in [2.75, 3.05) is 26.3 Å². The van der Waals surface area contributed by atoms with Crippen LogP contribution in [0.5, 0.6) is 0 Å². The van der Waals surface area contributed by atoms with E-state index in [9.17, 15) is 0 Å². The van der Waals surface area contributed by atoms with Gasteiger partial charge in [-0.2, -0.15) is 0 Å². The van der Waals surface area contributed by atoms with E-state index in [1.807, 2.05) is 0 Å². The molecule has 2 heterocycles. The lowest BCUT2D eigenvalue weighted by Gasteiger charge is -2.51. The maximum atomic E-state index is 6.11. The van der Waals surface area contributed by atoms with Gasteiger partial charge in [0.25, 0.3) is 0 Å². The number of hydrogen-bond acceptors (Lipinski definition) is 3. The summed E-state index contributed by atoms with van der Waals surface area (Å²) in [4.78, 5) is 2.71. The average molecular weight is 240 g/mol. The largest absolute Gasteiger partial charge is 0.379 e. The summed E-state index contributed by atoms with van der Waals surface area (Å²) in [5.41, 5.74) is 6.26. The van der Waals surface area contributed by atoms with Gasteiger partial charge < -0.3 is 10.5 Å². The van der Waals surface area contributed by atoms with Crippen LogP contribution in [0.4, 0.5) is 0 Å². The zero-order valence-corrected chi connectivity index (χ0v) is 11.3. The van der Waals surface area contributed by atoms with E-state index in [4.69, 9.17) is 10.5 Å². The summed E-state index contributed by atoms with van der Waals surface area (Å²) in [6.45, 7) is 6.05. The Morgan fingerprint density at radius 2 is 2.24 bits per heavy atom. The topological polar surface area (TPSA) is 38.5 Å². The highest BCUT2D eigenvalue weighted by molar-refractivity contribution is 4.97. The molecule has 0 amide bonds. The number of hydrogen-bond donors (Lipinski definition) is 1. The van der Waals surface area contributed by atoms with Crippen LogP contribution in [0.3, 0.4) is 0 Å². The van der Waals surface area contributed by atoms with E-state index in [1.165, 1.54) is 51.5 Å². The molecule has 0 bridgehead atoms. The Bertz CT molecular complexity index is 224. The fourth-order valence-electron chi connectivity index (χ4n) is 3.60.